The number of nitrogens with one attached hydrogen (secondary N) is 1. The van der Waals surface area contributed by atoms with Crippen LogP contribution in [-0.2, 0) is 4.79 Å². The first kappa shape index (κ1) is 20.8. The van der Waals surface area contributed by atoms with E-state index >= 15 is 0 Å². The Balaban J connectivity index is 1.85. The molecule has 1 amide bonds. The van der Waals surface area contributed by atoms with E-state index in [1.807, 2.05) is 12.1 Å². The number of nitro benzene ring substituents is 1. The van der Waals surface area contributed by atoms with Crippen LogP contribution < -0.4 is 10.1 Å². The van der Waals surface area contributed by atoms with Crippen LogP contribution in [0.1, 0.15) is 18.1 Å². The average molecular weight is 439 g/mol. The molecule has 144 valence electrons. The van der Waals surface area contributed by atoms with Crippen LogP contribution in [0.2, 0.25) is 0 Å². The first-order valence-electron chi connectivity index (χ1n) is 8.11. The van der Waals surface area contributed by atoms with Crippen molar-refractivity contribution in [1.29, 1.82) is 0 Å². The van der Waals surface area contributed by atoms with Gasteiger partial charge in [-0.3, -0.25) is 14.9 Å². The number of halogens is 1. The van der Waals surface area contributed by atoms with Crippen molar-refractivity contribution in [1.82, 2.24) is 5.32 Å². The molecular formula is C18H19BrN2O6. The van der Waals surface area contributed by atoms with E-state index < -0.39 is 29.6 Å². The summed E-state index contributed by atoms with van der Waals surface area (Å²) in [5.74, 6) is 0.225. The van der Waals surface area contributed by atoms with E-state index in [0.29, 0.717) is 11.3 Å². The molecule has 0 heterocycles. The molecule has 0 saturated carbocycles. The number of non-ortho nitro benzene ring substituents is 1. The predicted molar refractivity (Wildman–Crippen MR) is 101 cm³/mol. The Morgan fingerprint density at radius 3 is 2.37 bits per heavy atom. The number of amides is 1. The van der Waals surface area contributed by atoms with Crippen LogP contribution in [0, 0.1) is 10.1 Å². The van der Waals surface area contributed by atoms with E-state index in [0.717, 1.165) is 4.47 Å². The topological polar surface area (TPSA) is 122 Å². The lowest BCUT2D eigenvalue weighted by molar-refractivity contribution is -0.384. The first-order valence-corrected chi connectivity index (χ1v) is 8.91. The summed E-state index contributed by atoms with van der Waals surface area (Å²) in [4.78, 5) is 22.1. The molecule has 2 aromatic rings. The zero-order chi connectivity index (χ0) is 19.8. The summed E-state index contributed by atoms with van der Waals surface area (Å²) in [7, 11) is 0. The van der Waals surface area contributed by atoms with E-state index in [1.54, 1.807) is 12.1 Å². The van der Waals surface area contributed by atoms with Crippen LogP contribution in [0.5, 0.6) is 5.75 Å². The van der Waals surface area contributed by atoms with Crippen LogP contribution in [-0.4, -0.2) is 40.3 Å². The summed E-state index contributed by atoms with van der Waals surface area (Å²) >= 11 is 3.32. The maximum atomic E-state index is 12.0. The molecule has 0 aliphatic carbocycles. The summed E-state index contributed by atoms with van der Waals surface area (Å²) < 4.78 is 6.37. The van der Waals surface area contributed by atoms with Crippen molar-refractivity contribution in [3.63, 3.8) is 0 Å². The normalized spacial score (nSPS) is 12.9. The van der Waals surface area contributed by atoms with Gasteiger partial charge in [0.05, 0.1) is 30.6 Å². The third kappa shape index (κ3) is 6.31. The first-order chi connectivity index (χ1) is 12.9. The molecule has 2 atom stereocenters. The number of ether oxygens (including phenoxy) is 1. The van der Waals surface area contributed by atoms with Gasteiger partial charge in [-0.05, 0) is 42.0 Å². The van der Waals surface area contributed by atoms with Crippen molar-refractivity contribution < 1.29 is 24.7 Å². The number of benzene rings is 2. The highest BCUT2D eigenvalue weighted by atomic mass is 79.9. The van der Waals surface area contributed by atoms with Gasteiger partial charge in [0.15, 0.2) is 0 Å². The van der Waals surface area contributed by atoms with Crippen molar-refractivity contribution in [2.75, 3.05) is 13.2 Å². The molecule has 2 rings (SSSR count). The number of aliphatic hydroxyl groups excluding tert-OH is 2. The van der Waals surface area contributed by atoms with Gasteiger partial charge in [0, 0.05) is 16.6 Å². The Hall–Kier alpha value is -2.49. The summed E-state index contributed by atoms with van der Waals surface area (Å²) in [6.07, 6.45) is -1.16. The maximum absolute atomic E-state index is 12.0. The van der Waals surface area contributed by atoms with Gasteiger partial charge in [0.1, 0.15) is 11.9 Å². The number of carbonyl (C=O) groups is 1. The third-order valence-electron chi connectivity index (χ3n) is 3.78. The van der Waals surface area contributed by atoms with Crippen LogP contribution in [0.3, 0.4) is 0 Å². The van der Waals surface area contributed by atoms with E-state index in [4.69, 9.17) is 4.74 Å². The lowest BCUT2D eigenvalue weighted by atomic mass is 10.0. The number of aliphatic hydroxyl groups is 2. The monoisotopic (exact) mass is 438 g/mol. The lowest BCUT2D eigenvalue weighted by Crippen LogP contribution is -2.42. The van der Waals surface area contributed by atoms with E-state index in [2.05, 4.69) is 21.2 Å². The number of rotatable bonds is 9. The quantitative estimate of drug-likeness (QED) is 0.407. The van der Waals surface area contributed by atoms with E-state index in [9.17, 15) is 25.1 Å². The van der Waals surface area contributed by atoms with Crippen molar-refractivity contribution in [2.45, 2.75) is 18.6 Å². The molecule has 0 aliphatic rings. The second-order valence-electron chi connectivity index (χ2n) is 5.70. The number of hydrogen-bond acceptors (Lipinski definition) is 6. The molecule has 0 fully saturated rings. The molecule has 0 aliphatic heterocycles. The third-order valence-corrected chi connectivity index (χ3v) is 4.31. The highest BCUT2D eigenvalue weighted by Crippen LogP contribution is 2.20. The van der Waals surface area contributed by atoms with Gasteiger partial charge in [0.25, 0.3) is 5.69 Å². The zero-order valence-corrected chi connectivity index (χ0v) is 15.8. The van der Waals surface area contributed by atoms with Crippen molar-refractivity contribution in [3.05, 3.63) is 68.7 Å². The second kappa shape index (κ2) is 10.0. The molecule has 8 nitrogen and oxygen atoms in total. The standard InChI is InChI=1S/C18H19BrN2O6/c19-13-3-7-15(8-4-13)27-10-9-17(23)20-16(11-22)18(24)12-1-5-14(6-2-12)21(25)26/h1-8,16,18,22,24H,9-11H2,(H,20,23)/t16?,18-/m0/s1. The molecule has 3 N–H and O–H groups in total. The van der Waals surface area contributed by atoms with Gasteiger partial charge in [0.2, 0.25) is 5.91 Å². The predicted octanol–water partition coefficient (Wildman–Crippen LogP) is 2.34. The molecule has 2 aromatic carbocycles. The Bertz CT molecular complexity index is 766. The number of hydrogen-bond donors (Lipinski definition) is 3. The molecule has 0 radical (unpaired) electrons. The summed E-state index contributed by atoms with van der Waals surface area (Å²) in [5.41, 5.74) is 0.242. The van der Waals surface area contributed by atoms with Crippen LogP contribution in [0.25, 0.3) is 0 Å². The number of nitrogens with zero attached hydrogens (tertiary/aromatic N) is 1. The highest BCUT2D eigenvalue weighted by molar-refractivity contribution is 9.10. The van der Waals surface area contributed by atoms with Crippen molar-refractivity contribution >= 4 is 27.5 Å². The summed E-state index contributed by atoms with van der Waals surface area (Å²) in [6, 6.07) is 11.5. The molecular weight excluding hydrogens is 420 g/mol. The Morgan fingerprint density at radius 1 is 1.19 bits per heavy atom. The molecule has 27 heavy (non-hydrogen) atoms. The lowest BCUT2D eigenvalue weighted by Gasteiger charge is -2.22. The minimum absolute atomic E-state index is 0.0412. The fourth-order valence-corrected chi connectivity index (χ4v) is 2.59. The van der Waals surface area contributed by atoms with Crippen LogP contribution in [0.15, 0.2) is 53.0 Å². The summed E-state index contributed by atoms with van der Waals surface area (Å²) in [5, 5.41) is 33.0. The SMILES string of the molecule is O=C(CCOc1ccc(Br)cc1)NC(CO)[C@@H](O)c1ccc([N+](=O)[O-])cc1. The minimum Gasteiger partial charge on any atom is -0.493 e. The van der Waals surface area contributed by atoms with Gasteiger partial charge < -0.3 is 20.3 Å². The molecule has 1 unspecified atom stereocenters. The van der Waals surface area contributed by atoms with Crippen molar-refractivity contribution in [2.24, 2.45) is 0 Å². The molecule has 0 aromatic heterocycles. The Labute approximate surface area is 164 Å². The van der Waals surface area contributed by atoms with Gasteiger partial charge in [-0.1, -0.05) is 15.9 Å². The molecule has 0 saturated heterocycles. The maximum Gasteiger partial charge on any atom is 0.269 e. The van der Waals surface area contributed by atoms with Gasteiger partial charge in [-0.15, -0.1) is 0 Å². The largest absolute Gasteiger partial charge is 0.493 e. The van der Waals surface area contributed by atoms with Crippen molar-refractivity contribution in [3.8, 4) is 5.75 Å². The zero-order valence-electron chi connectivity index (χ0n) is 14.2. The van der Waals surface area contributed by atoms with Crippen LogP contribution in [0.4, 0.5) is 5.69 Å². The highest BCUT2D eigenvalue weighted by Gasteiger charge is 2.22. The van der Waals surface area contributed by atoms with Gasteiger partial charge >= 0.3 is 0 Å². The molecule has 0 spiro atoms. The second-order valence-corrected chi connectivity index (χ2v) is 6.62. The Morgan fingerprint density at radius 2 is 1.81 bits per heavy atom. The van der Waals surface area contributed by atoms with Gasteiger partial charge in [-0.2, -0.15) is 0 Å². The fraction of sp³-hybridized carbons (Fsp3) is 0.278. The van der Waals surface area contributed by atoms with E-state index in [-0.39, 0.29) is 18.7 Å². The number of nitro groups is 1. The van der Waals surface area contributed by atoms with Crippen LogP contribution >= 0.6 is 15.9 Å². The van der Waals surface area contributed by atoms with E-state index in [1.165, 1.54) is 24.3 Å². The minimum atomic E-state index is -1.20. The van der Waals surface area contributed by atoms with Gasteiger partial charge in [-0.25, -0.2) is 0 Å². The molecule has 9 heteroatoms. The Kier molecular flexibility index (Phi) is 7.71. The smallest absolute Gasteiger partial charge is 0.269 e. The number of carbonyl (C=O) groups excluding carboxylic acids is 1. The summed E-state index contributed by atoms with van der Waals surface area (Å²) in [6.45, 7) is -0.350. The fourth-order valence-electron chi connectivity index (χ4n) is 2.32. The molecule has 0 bridgehead atoms. The average Bonchev–Trinajstić information content (AvgIpc) is 2.67.